The highest BCUT2D eigenvalue weighted by molar-refractivity contribution is 7.91. The van der Waals surface area contributed by atoms with Gasteiger partial charge in [0.15, 0.2) is 0 Å². The number of unbranched alkanes of at least 4 members (excludes halogenated alkanes) is 12. The van der Waals surface area contributed by atoms with Crippen LogP contribution < -0.4 is 0 Å². The van der Waals surface area contributed by atoms with Crippen molar-refractivity contribution in [3.63, 3.8) is 0 Å². The van der Waals surface area contributed by atoms with Gasteiger partial charge in [-0.05, 0) is 220 Å². The molecule has 468 valence electrons. The molecule has 2 aromatic carbocycles. The van der Waals surface area contributed by atoms with Gasteiger partial charge >= 0.3 is 24.2 Å². The fraction of sp³-hybridized carbons (Fsp3) is 0.812. The number of benzene rings is 2. The van der Waals surface area contributed by atoms with Gasteiger partial charge in [0.05, 0.1) is 12.2 Å². The van der Waals surface area contributed by atoms with Crippen LogP contribution in [0.15, 0.2) is 36.4 Å². The van der Waals surface area contributed by atoms with Crippen LogP contribution in [0.2, 0.25) is 0 Å². The summed E-state index contributed by atoms with van der Waals surface area (Å²) in [6.07, 6.45) is 11.9. The lowest BCUT2D eigenvalue weighted by molar-refractivity contribution is -0.284. The van der Waals surface area contributed by atoms with Crippen molar-refractivity contribution in [3.8, 4) is 11.5 Å². The minimum atomic E-state index is -5.54. The largest absolute Gasteiger partial charge is 0.616 e. The number of alkyl halides is 10. The third-order valence-corrected chi connectivity index (χ3v) is 24.1. The molecule has 0 aromatic heterocycles. The van der Waals surface area contributed by atoms with E-state index in [-0.39, 0.29) is 34.5 Å². The van der Waals surface area contributed by atoms with Crippen LogP contribution in [0.3, 0.4) is 0 Å². The maximum Gasteiger partial charge on any atom is 0.453 e. The van der Waals surface area contributed by atoms with Gasteiger partial charge in [0.1, 0.15) is 34.5 Å². The molecule has 2 aromatic rings. The van der Waals surface area contributed by atoms with E-state index in [9.17, 15) is 73.4 Å². The van der Waals surface area contributed by atoms with Crippen LogP contribution in [0.25, 0.3) is 0 Å². The summed E-state index contributed by atoms with van der Waals surface area (Å²) in [5, 5.41) is 42.0. The predicted molar refractivity (Wildman–Crippen MR) is 305 cm³/mol. The molecule has 2 unspecified atom stereocenters. The molecule has 18 heteroatoms. The van der Waals surface area contributed by atoms with Crippen LogP contribution in [-0.2, 0) is 35.2 Å². The van der Waals surface area contributed by atoms with Crippen LogP contribution in [0.1, 0.15) is 228 Å². The fourth-order valence-corrected chi connectivity index (χ4v) is 19.0. The summed E-state index contributed by atoms with van der Waals surface area (Å²) in [6, 6.07) is 11.8. The quantitative estimate of drug-likeness (QED) is 0.0382. The Morgan fingerprint density at radius 1 is 0.463 bits per heavy atom. The van der Waals surface area contributed by atoms with Gasteiger partial charge in [0, 0.05) is 12.8 Å². The van der Waals surface area contributed by atoms with Crippen LogP contribution in [0.5, 0.6) is 11.5 Å². The lowest BCUT2D eigenvalue weighted by atomic mass is 9.52. The summed E-state index contributed by atoms with van der Waals surface area (Å²) < 4.78 is 149. The number of fused-ring (bicyclic) bond motifs is 10. The van der Waals surface area contributed by atoms with E-state index in [2.05, 4.69) is 26.0 Å². The normalized spacial score (nSPS) is 30.5. The standard InChI is InChI=1S/2C32H47F5O3S/c2*1-30-17-15-26-25-12-11-24(38)21-23(25)20-22(29(26)27(30)13-14-28(30)39)10-7-5-3-2-4-6-8-18-41(40)19-9-16-31(33,34)32(35,36)37/h2*11-12,21-22,26-29,38-39H,2-10,13-20H2,1H3/t2*22-,26-,27+,28+,29-,30+,41?/m11/s1. The molecule has 82 heavy (non-hydrogen) atoms. The first-order valence-corrected chi connectivity index (χ1v) is 34.2. The van der Waals surface area contributed by atoms with Crippen molar-refractivity contribution in [2.45, 2.75) is 255 Å². The molecular weight excluding hydrogens is 1120 g/mol. The Morgan fingerprint density at radius 3 is 1.15 bits per heavy atom. The van der Waals surface area contributed by atoms with Gasteiger partial charge < -0.3 is 29.5 Å². The Hall–Kier alpha value is -2.12. The zero-order chi connectivity index (χ0) is 59.7. The fourth-order valence-electron chi connectivity index (χ4n) is 16.6. The van der Waals surface area contributed by atoms with Crippen molar-refractivity contribution in [1.82, 2.24) is 0 Å². The Labute approximate surface area is 487 Å². The molecular formula is C64H94F10O6S2. The van der Waals surface area contributed by atoms with Crippen molar-refractivity contribution in [3.05, 3.63) is 58.7 Å². The molecule has 0 spiro atoms. The summed E-state index contributed by atoms with van der Waals surface area (Å²) in [5.74, 6) is -3.83. The van der Waals surface area contributed by atoms with E-state index < -0.39 is 72.2 Å². The third-order valence-electron chi connectivity index (χ3n) is 21.1. The number of phenolic OH excluding ortho intramolecular Hbond substituents is 2. The summed E-state index contributed by atoms with van der Waals surface area (Å²) in [6.45, 7) is 4.61. The molecule has 0 saturated heterocycles. The van der Waals surface area contributed by atoms with E-state index >= 15 is 0 Å². The maximum atomic E-state index is 13.0. The highest BCUT2D eigenvalue weighted by Gasteiger charge is 2.60. The van der Waals surface area contributed by atoms with Gasteiger partial charge in [-0.3, -0.25) is 0 Å². The van der Waals surface area contributed by atoms with Crippen LogP contribution >= 0.6 is 0 Å². The topological polar surface area (TPSA) is 127 Å². The molecule has 0 amide bonds. The SMILES string of the molecule is C[C@]12CC[C@@H]3c4ccc(O)cc4C[C@@H](CCCCCCCCC[S+]([O-])CCCC(F)(F)C(F)(F)F)[C@H]3[C@@H]1CC[C@@H]2O.C[C@]12CC[C@@H]3c4ccc(O)cc4C[C@@H](CCCCCCCCC[S+]([O-])CCCC(F)(F)C(F)(F)F)[C@H]3[C@@H]1CC[C@@H]2O. The van der Waals surface area contributed by atoms with Gasteiger partial charge in [-0.1, -0.05) is 113 Å². The number of aliphatic hydroxyl groups is 2. The molecule has 6 aliphatic rings. The average molecular weight is 1210 g/mol. The molecule has 0 bridgehead atoms. The highest BCUT2D eigenvalue weighted by Crippen LogP contribution is 2.64. The van der Waals surface area contributed by atoms with Crippen molar-refractivity contribution < 1.29 is 73.4 Å². The predicted octanol–water partition coefficient (Wildman–Crippen LogP) is 17.4. The number of rotatable bonds is 28. The van der Waals surface area contributed by atoms with Crippen molar-refractivity contribution in [2.75, 3.05) is 23.0 Å². The van der Waals surface area contributed by atoms with Crippen molar-refractivity contribution >= 4 is 22.4 Å². The summed E-state index contributed by atoms with van der Waals surface area (Å²) in [5.41, 5.74) is 5.45. The second-order valence-corrected chi connectivity index (χ2v) is 29.8. The second-order valence-electron chi connectivity index (χ2n) is 26.4. The summed E-state index contributed by atoms with van der Waals surface area (Å²) in [4.78, 5) is 0. The third kappa shape index (κ3) is 16.7. The molecule has 8 rings (SSSR count). The summed E-state index contributed by atoms with van der Waals surface area (Å²) >= 11 is -2.71. The molecule has 4 N–H and O–H groups in total. The lowest BCUT2D eigenvalue weighted by Crippen LogP contribution is -2.47. The Morgan fingerprint density at radius 2 is 0.793 bits per heavy atom. The number of halogens is 10. The molecule has 4 saturated carbocycles. The average Bonchev–Trinajstić information content (AvgIpc) is 3.53. The molecule has 0 heterocycles. The molecule has 0 radical (unpaired) electrons. The minimum Gasteiger partial charge on any atom is -0.616 e. The van der Waals surface area contributed by atoms with Gasteiger partial charge in [0.2, 0.25) is 0 Å². The number of aromatic hydroxyl groups is 2. The second kappa shape index (κ2) is 29.3. The van der Waals surface area contributed by atoms with E-state index in [0.29, 0.717) is 83.2 Å². The molecule has 6 aliphatic carbocycles. The highest BCUT2D eigenvalue weighted by atomic mass is 32.2. The molecule has 14 atom stereocenters. The minimum absolute atomic E-state index is 0.0195. The lowest BCUT2D eigenvalue weighted by Gasteiger charge is -2.53. The Bertz CT molecular complexity index is 2130. The van der Waals surface area contributed by atoms with Crippen LogP contribution in [-0.4, -0.2) is 88.9 Å². The number of aliphatic hydroxyl groups excluding tert-OH is 2. The summed E-state index contributed by atoms with van der Waals surface area (Å²) in [7, 11) is 0. The van der Waals surface area contributed by atoms with E-state index in [4.69, 9.17) is 0 Å². The van der Waals surface area contributed by atoms with E-state index in [1.54, 1.807) is 0 Å². The Balaban J connectivity index is 0.000000236. The monoisotopic (exact) mass is 1210 g/mol. The number of phenols is 2. The molecule has 6 nitrogen and oxygen atoms in total. The zero-order valence-corrected chi connectivity index (χ0v) is 50.1. The number of hydrogen-bond acceptors (Lipinski definition) is 6. The maximum absolute atomic E-state index is 13.0. The van der Waals surface area contributed by atoms with Gasteiger partial charge in [-0.15, -0.1) is 0 Å². The Kier molecular flexibility index (Phi) is 24.0. The van der Waals surface area contributed by atoms with Crippen molar-refractivity contribution in [1.29, 1.82) is 0 Å². The zero-order valence-electron chi connectivity index (χ0n) is 48.5. The first-order chi connectivity index (χ1) is 38.7. The van der Waals surface area contributed by atoms with Gasteiger partial charge in [0.25, 0.3) is 0 Å². The molecule has 4 fully saturated rings. The van der Waals surface area contributed by atoms with Gasteiger partial charge in [-0.2, -0.15) is 43.9 Å². The smallest absolute Gasteiger partial charge is 0.453 e. The van der Waals surface area contributed by atoms with Gasteiger partial charge in [-0.25, -0.2) is 0 Å². The first-order valence-electron chi connectivity index (χ1n) is 31.3. The first kappa shape index (κ1) is 67.4. The molecule has 0 aliphatic heterocycles. The van der Waals surface area contributed by atoms with Crippen LogP contribution in [0.4, 0.5) is 43.9 Å². The van der Waals surface area contributed by atoms with E-state index in [1.807, 2.05) is 24.3 Å². The van der Waals surface area contributed by atoms with Crippen molar-refractivity contribution in [2.24, 2.45) is 46.3 Å². The number of hydrogen-bond donors (Lipinski definition) is 4. The van der Waals surface area contributed by atoms with E-state index in [0.717, 1.165) is 154 Å². The van der Waals surface area contributed by atoms with Crippen LogP contribution in [0, 0.1) is 46.3 Å². The van der Waals surface area contributed by atoms with E-state index in [1.165, 1.54) is 22.3 Å².